The van der Waals surface area contributed by atoms with Crippen LogP contribution in [0.1, 0.15) is 58.8 Å². The fraction of sp³-hybridized carbons (Fsp3) is 1.00. The molecule has 1 aliphatic rings. The van der Waals surface area contributed by atoms with E-state index in [0.717, 1.165) is 19.4 Å². The van der Waals surface area contributed by atoms with Gasteiger partial charge in [0.05, 0.1) is 6.10 Å². The maximum absolute atomic E-state index is 9.48. The van der Waals surface area contributed by atoms with E-state index in [9.17, 15) is 5.11 Å². The number of rotatable bonds is 7. The zero-order chi connectivity index (χ0) is 12.5. The van der Waals surface area contributed by atoms with Crippen LogP contribution in [0, 0.1) is 0 Å². The van der Waals surface area contributed by atoms with E-state index in [1.807, 2.05) is 6.92 Å². The minimum atomic E-state index is -0.134. The van der Waals surface area contributed by atoms with Crippen molar-refractivity contribution in [2.75, 3.05) is 13.1 Å². The van der Waals surface area contributed by atoms with Crippen LogP contribution in [-0.4, -0.2) is 36.4 Å². The Hall–Kier alpha value is -0.120. The second-order valence-electron chi connectivity index (χ2n) is 5.44. The molecule has 0 bridgehead atoms. The maximum Gasteiger partial charge on any atom is 0.0549 e. The van der Waals surface area contributed by atoms with Crippen molar-refractivity contribution in [2.24, 2.45) is 0 Å². The molecule has 1 heterocycles. The smallest absolute Gasteiger partial charge is 0.0549 e. The monoisotopic (exact) mass is 242 g/mol. The van der Waals surface area contributed by atoms with E-state index in [1.165, 1.54) is 38.6 Å². The molecule has 3 unspecified atom stereocenters. The van der Waals surface area contributed by atoms with Crippen molar-refractivity contribution in [1.29, 1.82) is 0 Å². The Kier molecular flexibility index (Phi) is 7.82. The SMILES string of the molecule is CCC(O)CCNC(C)CC1CCCCCN1. The van der Waals surface area contributed by atoms with Crippen LogP contribution in [0.2, 0.25) is 0 Å². The number of aliphatic hydroxyl groups excluding tert-OH is 1. The molecule has 3 N–H and O–H groups in total. The molecule has 3 heteroatoms. The van der Waals surface area contributed by atoms with Gasteiger partial charge in [0.25, 0.3) is 0 Å². The summed E-state index contributed by atoms with van der Waals surface area (Å²) in [6.07, 6.45) is 8.23. The minimum Gasteiger partial charge on any atom is -0.393 e. The van der Waals surface area contributed by atoms with Crippen LogP contribution in [0.25, 0.3) is 0 Å². The molecular formula is C14H30N2O. The number of aliphatic hydroxyl groups is 1. The summed E-state index contributed by atoms with van der Waals surface area (Å²) in [6.45, 7) is 6.41. The highest BCUT2D eigenvalue weighted by Crippen LogP contribution is 2.12. The Morgan fingerprint density at radius 3 is 2.94 bits per heavy atom. The van der Waals surface area contributed by atoms with Crippen molar-refractivity contribution >= 4 is 0 Å². The number of hydrogen-bond donors (Lipinski definition) is 3. The summed E-state index contributed by atoms with van der Waals surface area (Å²) in [5.41, 5.74) is 0. The lowest BCUT2D eigenvalue weighted by Gasteiger charge is -2.22. The molecule has 0 aromatic heterocycles. The van der Waals surface area contributed by atoms with Crippen LogP contribution in [-0.2, 0) is 0 Å². The van der Waals surface area contributed by atoms with Gasteiger partial charge in [-0.15, -0.1) is 0 Å². The van der Waals surface area contributed by atoms with Gasteiger partial charge in [0.2, 0.25) is 0 Å². The van der Waals surface area contributed by atoms with E-state index in [0.29, 0.717) is 12.1 Å². The van der Waals surface area contributed by atoms with E-state index in [2.05, 4.69) is 17.6 Å². The van der Waals surface area contributed by atoms with Gasteiger partial charge in [0, 0.05) is 12.1 Å². The average molecular weight is 242 g/mol. The van der Waals surface area contributed by atoms with E-state index in [-0.39, 0.29) is 6.10 Å². The second-order valence-corrected chi connectivity index (χ2v) is 5.44. The van der Waals surface area contributed by atoms with E-state index < -0.39 is 0 Å². The standard InChI is InChI=1S/C14H30N2O/c1-3-14(17)8-10-15-12(2)11-13-7-5-4-6-9-16-13/h12-17H,3-11H2,1-2H3. The summed E-state index contributed by atoms with van der Waals surface area (Å²) in [4.78, 5) is 0. The van der Waals surface area contributed by atoms with Crippen LogP contribution >= 0.6 is 0 Å². The van der Waals surface area contributed by atoms with Crippen LogP contribution in [0.15, 0.2) is 0 Å². The Morgan fingerprint density at radius 1 is 1.35 bits per heavy atom. The lowest BCUT2D eigenvalue weighted by Crippen LogP contribution is -2.37. The van der Waals surface area contributed by atoms with Gasteiger partial charge in [-0.1, -0.05) is 19.8 Å². The molecule has 102 valence electrons. The van der Waals surface area contributed by atoms with Crippen molar-refractivity contribution in [2.45, 2.75) is 77.0 Å². The summed E-state index contributed by atoms with van der Waals surface area (Å²) in [6, 6.07) is 1.24. The third-order valence-corrected chi connectivity index (χ3v) is 3.74. The fourth-order valence-corrected chi connectivity index (χ4v) is 2.51. The highest BCUT2D eigenvalue weighted by atomic mass is 16.3. The van der Waals surface area contributed by atoms with Gasteiger partial charge in [-0.05, 0) is 52.1 Å². The Bertz CT molecular complexity index is 179. The molecule has 3 nitrogen and oxygen atoms in total. The highest BCUT2D eigenvalue weighted by Gasteiger charge is 2.14. The van der Waals surface area contributed by atoms with Gasteiger partial charge in [-0.25, -0.2) is 0 Å². The van der Waals surface area contributed by atoms with Gasteiger partial charge in [-0.3, -0.25) is 0 Å². The summed E-state index contributed by atoms with van der Waals surface area (Å²) in [5.74, 6) is 0. The maximum atomic E-state index is 9.48. The molecule has 0 amide bonds. The Labute approximate surface area is 106 Å². The zero-order valence-corrected chi connectivity index (χ0v) is 11.5. The molecule has 17 heavy (non-hydrogen) atoms. The second kappa shape index (κ2) is 8.90. The van der Waals surface area contributed by atoms with Crippen molar-refractivity contribution < 1.29 is 5.11 Å². The van der Waals surface area contributed by atoms with Crippen molar-refractivity contribution in [3.05, 3.63) is 0 Å². The molecule has 3 atom stereocenters. The van der Waals surface area contributed by atoms with Crippen LogP contribution < -0.4 is 10.6 Å². The average Bonchev–Trinajstić information content (AvgIpc) is 2.57. The summed E-state index contributed by atoms with van der Waals surface area (Å²) < 4.78 is 0. The van der Waals surface area contributed by atoms with E-state index in [1.54, 1.807) is 0 Å². The fourth-order valence-electron chi connectivity index (χ4n) is 2.51. The zero-order valence-electron chi connectivity index (χ0n) is 11.5. The molecule has 1 rings (SSSR count). The van der Waals surface area contributed by atoms with Crippen LogP contribution in [0.4, 0.5) is 0 Å². The molecule has 1 aliphatic heterocycles. The molecule has 0 aromatic rings. The summed E-state index contributed by atoms with van der Waals surface area (Å²) in [7, 11) is 0. The quantitative estimate of drug-likeness (QED) is 0.640. The first-order chi connectivity index (χ1) is 8.22. The largest absolute Gasteiger partial charge is 0.393 e. The van der Waals surface area contributed by atoms with Gasteiger partial charge in [0.15, 0.2) is 0 Å². The predicted molar refractivity (Wildman–Crippen MR) is 73.3 cm³/mol. The van der Waals surface area contributed by atoms with Gasteiger partial charge in [0.1, 0.15) is 0 Å². The number of nitrogens with one attached hydrogen (secondary N) is 2. The number of hydrogen-bond acceptors (Lipinski definition) is 3. The van der Waals surface area contributed by atoms with Crippen LogP contribution in [0.5, 0.6) is 0 Å². The van der Waals surface area contributed by atoms with Crippen molar-refractivity contribution in [3.8, 4) is 0 Å². The summed E-state index contributed by atoms with van der Waals surface area (Å²) in [5, 5.41) is 16.6. The molecule has 1 fully saturated rings. The third kappa shape index (κ3) is 7.02. The van der Waals surface area contributed by atoms with E-state index in [4.69, 9.17) is 0 Å². The molecular weight excluding hydrogens is 212 g/mol. The predicted octanol–water partition coefficient (Wildman–Crippen LogP) is 2.05. The topological polar surface area (TPSA) is 44.3 Å². The van der Waals surface area contributed by atoms with Gasteiger partial charge in [-0.2, -0.15) is 0 Å². The van der Waals surface area contributed by atoms with Crippen molar-refractivity contribution in [1.82, 2.24) is 10.6 Å². The highest BCUT2D eigenvalue weighted by molar-refractivity contribution is 4.76. The van der Waals surface area contributed by atoms with Gasteiger partial charge >= 0.3 is 0 Å². The van der Waals surface area contributed by atoms with Crippen LogP contribution in [0.3, 0.4) is 0 Å². The summed E-state index contributed by atoms with van der Waals surface area (Å²) >= 11 is 0. The first-order valence-corrected chi connectivity index (χ1v) is 7.37. The Morgan fingerprint density at radius 2 is 2.18 bits per heavy atom. The lowest BCUT2D eigenvalue weighted by molar-refractivity contribution is 0.158. The normalized spacial score (nSPS) is 25.2. The first-order valence-electron chi connectivity index (χ1n) is 7.37. The van der Waals surface area contributed by atoms with E-state index >= 15 is 0 Å². The molecule has 0 saturated carbocycles. The lowest BCUT2D eigenvalue weighted by atomic mass is 10.0. The third-order valence-electron chi connectivity index (χ3n) is 3.74. The van der Waals surface area contributed by atoms with Gasteiger partial charge < -0.3 is 15.7 Å². The molecule has 0 radical (unpaired) electrons. The molecule has 0 aromatic carbocycles. The Balaban J connectivity index is 2.08. The minimum absolute atomic E-state index is 0.134. The molecule has 0 aliphatic carbocycles. The molecule has 0 spiro atoms. The van der Waals surface area contributed by atoms with Crippen molar-refractivity contribution in [3.63, 3.8) is 0 Å². The molecule has 1 saturated heterocycles. The first kappa shape index (κ1) is 14.9.